The third kappa shape index (κ3) is 3.87. The first kappa shape index (κ1) is 15.1. The Balaban J connectivity index is 1.63. The van der Waals surface area contributed by atoms with Crippen molar-refractivity contribution in [2.75, 3.05) is 13.2 Å². The number of ether oxygens (including phenoxy) is 1. The Labute approximate surface area is 129 Å². The lowest BCUT2D eigenvalue weighted by Crippen LogP contribution is -2.23. The minimum absolute atomic E-state index is 0.485. The molecule has 1 N–H and O–H groups in total. The molecule has 0 spiro atoms. The van der Waals surface area contributed by atoms with Crippen LogP contribution in [0.4, 0.5) is 0 Å². The first-order valence-corrected chi connectivity index (χ1v) is 8.81. The Kier molecular flexibility index (Phi) is 5.32. The maximum Gasteiger partial charge on any atom is 0.0576 e. The Bertz CT molecular complexity index is 435. The fourth-order valence-electron chi connectivity index (χ4n) is 3.63. The molecule has 1 saturated heterocycles. The van der Waals surface area contributed by atoms with Gasteiger partial charge in [-0.1, -0.05) is 37.6 Å². The van der Waals surface area contributed by atoms with Gasteiger partial charge in [0.1, 0.15) is 0 Å². The number of rotatable bonds is 7. The summed E-state index contributed by atoms with van der Waals surface area (Å²) in [6, 6.07) is 9.80. The molecule has 2 heteroatoms. The van der Waals surface area contributed by atoms with Crippen molar-refractivity contribution < 1.29 is 4.74 Å². The predicted octanol–water partition coefficient (Wildman–Crippen LogP) is 4.56. The van der Waals surface area contributed by atoms with Crippen molar-refractivity contribution >= 4 is 0 Å². The highest BCUT2D eigenvalue weighted by molar-refractivity contribution is 5.29. The molecule has 1 aromatic rings. The van der Waals surface area contributed by atoms with Gasteiger partial charge in [0.2, 0.25) is 0 Å². The van der Waals surface area contributed by atoms with Gasteiger partial charge in [-0.25, -0.2) is 0 Å². The molecule has 0 aromatic heterocycles. The largest absolute Gasteiger partial charge is 0.378 e. The highest BCUT2D eigenvalue weighted by Gasteiger charge is 2.22. The van der Waals surface area contributed by atoms with Crippen LogP contribution in [-0.4, -0.2) is 19.3 Å². The zero-order valence-electron chi connectivity index (χ0n) is 13.3. The molecular formula is C19H29NO. The molecule has 0 bridgehead atoms. The Morgan fingerprint density at radius 2 is 2.14 bits per heavy atom. The van der Waals surface area contributed by atoms with Crippen molar-refractivity contribution in [1.82, 2.24) is 5.32 Å². The summed E-state index contributed by atoms with van der Waals surface area (Å²) in [4.78, 5) is 0. The molecule has 116 valence electrons. The van der Waals surface area contributed by atoms with Crippen molar-refractivity contribution in [3.05, 3.63) is 35.4 Å². The molecule has 1 aromatic carbocycles. The first-order valence-electron chi connectivity index (χ1n) is 8.81. The Morgan fingerprint density at radius 1 is 1.24 bits per heavy atom. The average molecular weight is 287 g/mol. The average Bonchev–Trinajstić information content (AvgIpc) is 2.95. The van der Waals surface area contributed by atoms with Gasteiger partial charge >= 0.3 is 0 Å². The van der Waals surface area contributed by atoms with E-state index >= 15 is 0 Å². The van der Waals surface area contributed by atoms with E-state index in [1.54, 1.807) is 5.56 Å². The SMILES string of the molecule is CCNC(CCC1CCCO1)c1cccc(C2CCC2)c1. The van der Waals surface area contributed by atoms with Gasteiger partial charge in [-0.2, -0.15) is 0 Å². The van der Waals surface area contributed by atoms with E-state index in [2.05, 4.69) is 36.5 Å². The quantitative estimate of drug-likeness (QED) is 0.793. The molecule has 2 unspecified atom stereocenters. The number of hydrogen-bond acceptors (Lipinski definition) is 2. The maximum absolute atomic E-state index is 5.78. The minimum atomic E-state index is 0.485. The van der Waals surface area contributed by atoms with E-state index in [4.69, 9.17) is 4.74 Å². The van der Waals surface area contributed by atoms with Gasteiger partial charge in [0.15, 0.2) is 0 Å². The second kappa shape index (κ2) is 7.42. The maximum atomic E-state index is 5.78. The molecular weight excluding hydrogens is 258 g/mol. The normalized spacial score (nSPS) is 24.0. The lowest BCUT2D eigenvalue weighted by molar-refractivity contribution is 0.0996. The molecule has 3 rings (SSSR count). The van der Waals surface area contributed by atoms with Gasteiger partial charge < -0.3 is 10.1 Å². The van der Waals surface area contributed by atoms with Crippen LogP contribution in [-0.2, 0) is 4.74 Å². The summed E-state index contributed by atoms with van der Waals surface area (Å²) in [5, 5.41) is 3.67. The van der Waals surface area contributed by atoms with Crippen LogP contribution in [0.1, 0.15) is 75.0 Å². The molecule has 1 aliphatic heterocycles. The van der Waals surface area contributed by atoms with Gasteiger partial charge in [0.05, 0.1) is 6.10 Å². The highest BCUT2D eigenvalue weighted by atomic mass is 16.5. The van der Waals surface area contributed by atoms with Crippen LogP contribution >= 0.6 is 0 Å². The predicted molar refractivity (Wildman–Crippen MR) is 87.7 cm³/mol. The van der Waals surface area contributed by atoms with Crippen LogP contribution < -0.4 is 5.32 Å². The van der Waals surface area contributed by atoms with Crippen molar-refractivity contribution in [3.63, 3.8) is 0 Å². The monoisotopic (exact) mass is 287 g/mol. The van der Waals surface area contributed by atoms with E-state index in [0.717, 1.165) is 19.1 Å². The summed E-state index contributed by atoms with van der Waals surface area (Å²) in [7, 11) is 0. The minimum Gasteiger partial charge on any atom is -0.378 e. The fraction of sp³-hybridized carbons (Fsp3) is 0.684. The lowest BCUT2D eigenvalue weighted by atomic mass is 9.79. The van der Waals surface area contributed by atoms with E-state index < -0.39 is 0 Å². The summed E-state index contributed by atoms with van der Waals surface area (Å²) in [6.45, 7) is 4.20. The van der Waals surface area contributed by atoms with E-state index in [-0.39, 0.29) is 0 Å². The van der Waals surface area contributed by atoms with Crippen LogP contribution in [0.15, 0.2) is 24.3 Å². The number of hydrogen-bond donors (Lipinski definition) is 1. The number of benzene rings is 1. The second-order valence-corrected chi connectivity index (χ2v) is 6.62. The standard InChI is InChI=1S/C19H29NO/c1-2-20-19(12-11-18-10-5-13-21-18)17-9-4-8-16(14-17)15-6-3-7-15/h4,8-9,14-15,18-20H,2-3,5-7,10-13H2,1H3. The zero-order valence-corrected chi connectivity index (χ0v) is 13.3. The number of nitrogens with one attached hydrogen (secondary N) is 1. The molecule has 1 aliphatic carbocycles. The van der Waals surface area contributed by atoms with Gasteiger partial charge in [0.25, 0.3) is 0 Å². The van der Waals surface area contributed by atoms with Crippen molar-refractivity contribution in [1.29, 1.82) is 0 Å². The van der Waals surface area contributed by atoms with E-state index in [0.29, 0.717) is 12.1 Å². The third-order valence-corrected chi connectivity index (χ3v) is 5.14. The fourth-order valence-corrected chi connectivity index (χ4v) is 3.63. The van der Waals surface area contributed by atoms with Gasteiger partial charge in [-0.3, -0.25) is 0 Å². The zero-order chi connectivity index (χ0) is 14.5. The summed E-state index contributed by atoms with van der Waals surface area (Å²) >= 11 is 0. The van der Waals surface area contributed by atoms with E-state index in [1.807, 2.05) is 0 Å². The molecule has 2 aliphatic rings. The lowest BCUT2D eigenvalue weighted by Gasteiger charge is -2.27. The van der Waals surface area contributed by atoms with E-state index in [9.17, 15) is 0 Å². The topological polar surface area (TPSA) is 21.3 Å². The second-order valence-electron chi connectivity index (χ2n) is 6.62. The van der Waals surface area contributed by atoms with Crippen molar-refractivity contribution in [3.8, 4) is 0 Å². The van der Waals surface area contributed by atoms with Gasteiger partial charge in [-0.05, 0) is 62.1 Å². The molecule has 1 heterocycles. The summed E-state index contributed by atoms with van der Waals surface area (Å²) in [5.41, 5.74) is 3.03. The molecule has 2 fully saturated rings. The van der Waals surface area contributed by atoms with Crippen molar-refractivity contribution in [2.24, 2.45) is 0 Å². The molecule has 0 radical (unpaired) electrons. The smallest absolute Gasteiger partial charge is 0.0576 e. The van der Waals surface area contributed by atoms with Crippen LogP contribution in [0.5, 0.6) is 0 Å². The summed E-state index contributed by atoms with van der Waals surface area (Å²) in [6.07, 6.45) is 9.54. The van der Waals surface area contributed by atoms with Crippen LogP contribution in [0.25, 0.3) is 0 Å². The van der Waals surface area contributed by atoms with E-state index in [1.165, 1.54) is 50.5 Å². The van der Waals surface area contributed by atoms with Crippen LogP contribution in [0.3, 0.4) is 0 Å². The Hall–Kier alpha value is -0.860. The summed E-state index contributed by atoms with van der Waals surface area (Å²) < 4.78 is 5.78. The summed E-state index contributed by atoms with van der Waals surface area (Å²) in [5.74, 6) is 0.824. The Morgan fingerprint density at radius 3 is 2.81 bits per heavy atom. The molecule has 21 heavy (non-hydrogen) atoms. The molecule has 2 atom stereocenters. The van der Waals surface area contributed by atoms with Crippen LogP contribution in [0, 0.1) is 0 Å². The van der Waals surface area contributed by atoms with Crippen LogP contribution in [0.2, 0.25) is 0 Å². The molecule has 1 saturated carbocycles. The highest BCUT2D eigenvalue weighted by Crippen LogP contribution is 2.37. The first-order chi connectivity index (χ1) is 10.4. The molecule has 0 amide bonds. The molecule has 2 nitrogen and oxygen atoms in total. The van der Waals surface area contributed by atoms with Crippen molar-refractivity contribution in [2.45, 2.75) is 69.9 Å². The van der Waals surface area contributed by atoms with Gasteiger partial charge in [0, 0.05) is 12.6 Å². The van der Waals surface area contributed by atoms with Gasteiger partial charge in [-0.15, -0.1) is 0 Å². The third-order valence-electron chi connectivity index (χ3n) is 5.14.